The van der Waals surface area contributed by atoms with Crippen LogP contribution in [0.25, 0.3) is 0 Å². The highest BCUT2D eigenvalue weighted by Gasteiger charge is 2.10. The van der Waals surface area contributed by atoms with Crippen molar-refractivity contribution in [3.63, 3.8) is 0 Å². The molecule has 2 rings (SSSR count). The second kappa shape index (κ2) is 5.40. The first kappa shape index (κ1) is 13.5. The van der Waals surface area contributed by atoms with Crippen LogP contribution in [0.4, 0.5) is 10.1 Å². The molecule has 0 aliphatic rings. The van der Waals surface area contributed by atoms with Crippen LogP contribution in [0.1, 0.15) is 25.7 Å². The summed E-state index contributed by atoms with van der Waals surface area (Å²) in [6.45, 7) is 4.19. The smallest absolute Gasteiger partial charge is 0.345 e. The molecule has 0 bridgehead atoms. The van der Waals surface area contributed by atoms with Crippen LogP contribution in [0.2, 0.25) is 0 Å². The Morgan fingerprint density at radius 3 is 2.63 bits per heavy atom. The molecule has 0 saturated carbocycles. The Kier molecular flexibility index (Phi) is 3.85. The standard InChI is InChI=1S/C14H14FNO2S/c1-8-3-11(15)6-12(4-8)16-7-10-5-13(14(17)18)19-9(10)2/h3-6,16H,7H2,1-2H3,(H,17,18). The van der Waals surface area contributed by atoms with E-state index < -0.39 is 5.97 Å². The van der Waals surface area contributed by atoms with Gasteiger partial charge in [0.05, 0.1) is 0 Å². The fourth-order valence-corrected chi connectivity index (χ4v) is 2.72. The van der Waals surface area contributed by atoms with E-state index in [1.165, 1.54) is 23.5 Å². The quantitative estimate of drug-likeness (QED) is 0.894. The van der Waals surface area contributed by atoms with E-state index in [4.69, 9.17) is 5.11 Å². The van der Waals surface area contributed by atoms with Crippen molar-refractivity contribution in [1.29, 1.82) is 0 Å². The third-order valence-electron chi connectivity index (χ3n) is 2.76. The van der Waals surface area contributed by atoms with Crippen LogP contribution >= 0.6 is 11.3 Å². The number of nitrogens with one attached hydrogen (secondary N) is 1. The minimum atomic E-state index is -0.916. The number of hydrogen-bond acceptors (Lipinski definition) is 3. The molecule has 0 atom stereocenters. The summed E-state index contributed by atoms with van der Waals surface area (Å²) in [7, 11) is 0. The normalized spacial score (nSPS) is 10.5. The number of hydrogen-bond donors (Lipinski definition) is 2. The summed E-state index contributed by atoms with van der Waals surface area (Å²) in [5.41, 5.74) is 2.46. The van der Waals surface area contributed by atoms with E-state index >= 15 is 0 Å². The Bertz CT molecular complexity index is 602. The molecular weight excluding hydrogens is 265 g/mol. The largest absolute Gasteiger partial charge is 0.477 e. The van der Waals surface area contributed by atoms with Gasteiger partial charge >= 0.3 is 5.97 Å². The average molecular weight is 279 g/mol. The number of carbonyl (C=O) groups is 1. The maximum Gasteiger partial charge on any atom is 0.345 e. The van der Waals surface area contributed by atoms with Gasteiger partial charge in [-0.2, -0.15) is 0 Å². The number of halogens is 1. The lowest BCUT2D eigenvalue weighted by Crippen LogP contribution is -2.00. The summed E-state index contributed by atoms with van der Waals surface area (Å²) in [5, 5.41) is 12.0. The van der Waals surface area contributed by atoms with Crippen LogP contribution in [0, 0.1) is 19.7 Å². The molecule has 5 heteroatoms. The molecule has 1 aromatic heterocycles. The number of benzene rings is 1. The Labute approximate surface area is 114 Å². The molecule has 2 N–H and O–H groups in total. The molecule has 0 saturated heterocycles. The van der Waals surface area contributed by atoms with Crippen molar-refractivity contribution >= 4 is 23.0 Å². The molecule has 1 heterocycles. The fourth-order valence-electron chi connectivity index (χ4n) is 1.84. The molecule has 3 nitrogen and oxygen atoms in total. The monoisotopic (exact) mass is 279 g/mol. The van der Waals surface area contributed by atoms with E-state index in [0.717, 1.165) is 16.0 Å². The lowest BCUT2D eigenvalue weighted by molar-refractivity contribution is 0.0702. The number of aryl methyl sites for hydroxylation is 2. The molecule has 0 radical (unpaired) electrons. The van der Waals surface area contributed by atoms with E-state index in [1.807, 2.05) is 19.9 Å². The van der Waals surface area contributed by atoms with Crippen molar-refractivity contribution < 1.29 is 14.3 Å². The Morgan fingerprint density at radius 1 is 1.32 bits per heavy atom. The van der Waals surface area contributed by atoms with Gasteiger partial charge in [-0.25, -0.2) is 9.18 Å². The van der Waals surface area contributed by atoms with Crippen molar-refractivity contribution in [3.05, 3.63) is 51.0 Å². The fraction of sp³-hybridized carbons (Fsp3) is 0.214. The third-order valence-corrected chi connectivity index (χ3v) is 3.84. The van der Waals surface area contributed by atoms with Crippen molar-refractivity contribution in [2.75, 3.05) is 5.32 Å². The molecule has 0 aliphatic heterocycles. The van der Waals surface area contributed by atoms with Crippen molar-refractivity contribution in [1.82, 2.24) is 0 Å². The topological polar surface area (TPSA) is 49.3 Å². The van der Waals surface area contributed by atoms with Crippen LogP contribution in [-0.4, -0.2) is 11.1 Å². The molecule has 100 valence electrons. The van der Waals surface area contributed by atoms with Gasteiger partial charge in [0, 0.05) is 17.1 Å². The number of aromatic carboxylic acids is 1. The SMILES string of the molecule is Cc1cc(F)cc(NCc2cc(C(=O)O)sc2C)c1. The van der Waals surface area contributed by atoms with Crippen LogP contribution in [0.3, 0.4) is 0 Å². The van der Waals surface area contributed by atoms with Gasteiger partial charge in [0.25, 0.3) is 0 Å². The first-order valence-electron chi connectivity index (χ1n) is 5.79. The Balaban J connectivity index is 2.12. The molecule has 0 aliphatic carbocycles. The number of anilines is 1. The van der Waals surface area contributed by atoms with Crippen LogP contribution in [-0.2, 0) is 6.54 Å². The Morgan fingerprint density at radius 2 is 2.05 bits per heavy atom. The average Bonchev–Trinajstić information content (AvgIpc) is 2.67. The van der Waals surface area contributed by atoms with Crippen molar-refractivity contribution in [2.24, 2.45) is 0 Å². The van der Waals surface area contributed by atoms with Crippen LogP contribution < -0.4 is 5.32 Å². The van der Waals surface area contributed by atoms with Gasteiger partial charge in [0.2, 0.25) is 0 Å². The van der Waals surface area contributed by atoms with E-state index in [9.17, 15) is 9.18 Å². The van der Waals surface area contributed by atoms with E-state index in [2.05, 4.69) is 5.32 Å². The number of carboxylic acids is 1. The number of carboxylic acid groups (broad SMARTS) is 1. The zero-order valence-corrected chi connectivity index (χ0v) is 11.5. The highest BCUT2D eigenvalue weighted by molar-refractivity contribution is 7.14. The molecule has 0 spiro atoms. The van der Waals surface area contributed by atoms with Crippen molar-refractivity contribution in [2.45, 2.75) is 20.4 Å². The summed E-state index contributed by atoms with van der Waals surface area (Å²) in [5.74, 6) is -1.20. The molecule has 19 heavy (non-hydrogen) atoms. The zero-order chi connectivity index (χ0) is 14.0. The van der Waals surface area contributed by atoms with Gasteiger partial charge in [-0.1, -0.05) is 0 Å². The summed E-state index contributed by atoms with van der Waals surface area (Å²) >= 11 is 1.25. The lowest BCUT2D eigenvalue weighted by Gasteiger charge is -2.07. The van der Waals surface area contributed by atoms with Gasteiger partial charge in [0.15, 0.2) is 0 Å². The lowest BCUT2D eigenvalue weighted by atomic mass is 10.2. The summed E-state index contributed by atoms with van der Waals surface area (Å²) < 4.78 is 13.2. The second-order valence-electron chi connectivity index (χ2n) is 4.37. The second-order valence-corrected chi connectivity index (χ2v) is 5.62. The zero-order valence-electron chi connectivity index (χ0n) is 10.7. The minimum Gasteiger partial charge on any atom is -0.477 e. The van der Waals surface area contributed by atoms with Gasteiger partial charge in [-0.3, -0.25) is 0 Å². The maximum absolute atomic E-state index is 13.2. The van der Waals surface area contributed by atoms with Gasteiger partial charge < -0.3 is 10.4 Å². The minimum absolute atomic E-state index is 0.282. The predicted octanol–water partition coefficient (Wildman–Crippen LogP) is 3.81. The van der Waals surface area contributed by atoms with Gasteiger partial charge in [-0.15, -0.1) is 11.3 Å². The van der Waals surface area contributed by atoms with E-state index in [-0.39, 0.29) is 5.82 Å². The summed E-state index contributed by atoms with van der Waals surface area (Å²) in [6, 6.07) is 6.39. The van der Waals surface area contributed by atoms with Crippen LogP contribution in [0.5, 0.6) is 0 Å². The molecule has 2 aromatic rings. The maximum atomic E-state index is 13.2. The molecule has 0 fully saturated rings. The molecule has 0 unspecified atom stereocenters. The van der Waals surface area contributed by atoms with Crippen LogP contribution in [0.15, 0.2) is 24.3 Å². The van der Waals surface area contributed by atoms with Crippen molar-refractivity contribution in [3.8, 4) is 0 Å². The first-order chi connectivity index (χ1) is 8.95. The molecular formula is C14H14FNO2S. The number of thiophene rings is 1. The number of rotatable bonds is 4. The van der Waals surface area contributed by atoms with Gasteiger partial charge in [0.1, 0.15) is 10.7 Å². The first-order valence-corrected chi connectivity index (χ1v) is 6.61. The molecule has 1 aromatic carbocycles. The van der Waals surface area contributed by atoms with E-state index in [0.29, 0.717) is 17.1 Å². The predicted molar refractivity (Wildman–Crippen MR) is 74.5 cm³/mol. The molecule has 0 amide bonds. The summed E-state index contributed by atoms with van der Waals surface area (Å²) in [4.78, 5) is 12.2. The van der Waals surface area contributed by atoms with E-state index in [1.54, 1.807) is 6.07 Å². The highest BCUT2D eigenvalue weighted by Crippen LogP contribution is 2.23. The summed E-state index contributed by atoms with van der Waals surface area (Å²) in [6.07, 6.45) is 0. The third kappa shape index (κ3) is 3.32. The Hall–Kier alpha value is -1.88. The highest BCUT2D eigenvalue weighted by atomic mass is 32.1. The van der Waals surface area contributed by atoms with Gasteiger partial charge in [-0.05, 0) is 49.2 Å².